The van der Waals surface area contributed by atoms with Gasteiger partial charge in [0.15, 0.2) is 0 Å². The number of hydrogen-bond acceptors (Lipinski definition) is 4. The summed E-state index contributed by atoms with van der Waals surface area (Å²) >= 11 is 12.2. The molecule has 1 heterocycles. The summed E-state index contributed by atoms with van der Waals surface area (Å²) < 4.78 is 5.42. The first-order chi connectivity index (χ1) is 13.6. The van der Waals surface area contributed by atoms with Crippen molar-refractivity contribution in [2.45, 2.75) is 0 Å². The van der Waals surface area contributed by atoms with E-state index in [2.05, 4.69) is 10.6 Å². The van der Waals surface area contributed by atoms with Gasteiger partial charge in [-0.3, -0.25) is 0 Å². The molecule has 0 radical (unpaired) electrons. The molecule has 6 heteroatoms. The fourth-order valence-corrected chi connectivity index (χ4v) is 3.26. The maximum Gasteiger partial charge on any atom is 0.142 e. The Kier molecular flexibility index (Phi) is 5.24. The summed E-state index contributed by atoms with van der Waals surface area (Å²) in [7, 11) is 1.64. The Morgan fingerprint density at radius 3 is 2.39 bits per heavy atom. The molecule has 28 heavy (non-hydrogen) atoms. The smallest absolute Gasteiger partial charge is 0.142 e. The fraction of sp³-hybridized carbons (Fsp3) is 0.0455. The largest absolute Gasteiger partial charge is 0.495 e. The van der Waals surface area contributed by atoms with E-state index in [1.54, 1.807) is 19.2 Å². The molecule has 0 saturated heterocycles. The average Bonchev–Trinajstić information content (AvgIpc) is 2.71. The summed E-state index contributed by atoms with van der Waals surface area (Å²) in [6, 6.07) is 23.1. The van der Waals surface area contributed by atoms with Crippen molar-refractivity contribution in [1.29, 1.82) is 0 Å². The van der Waals surface area contributed by atoms with Crippen molar-refractivity contribution in [2.75, 3.05) is 17.7 Å². The van der Waals surface area contributed by atoms with Crippen molar-refractivity contribution < 1.29 is 4.74 Å². The number of fused-ring (bicyclic) bond motifs is 1. The summed E-state index contributed by atoms with van der Waals surface area (Å²) in [5.74, 6) is 1.45. The Hall–Kier alpha value is -2.95. The number of anilines is 4. The van der Waals surface area contributed by atoms with Gasteiger partial charge in [-0.15, -0.1) is 0 Å². The molecule has 2 N–H and O–H groups in total. The van der Waals surface area contributed by atoms with E-state index in [0.717, 1.165) is 33.7 Å². The van der Waals surface area contributed by atoms with Crippen LogP contribution < -0.4 is 15.4 Å². The molecule has 140 valence electrons. The zero-order valence-electron chi connectivity index (χ0n) is 15.0. The molecule has 4 aromatic rings. The lowest BCUT2D eigenvalue weighted by Gasteiger charge is -2.15. The number of methoxy groups -OCH3 is 1. The van der Waals surface area contributed by atoms with Crippen LogP contribution in [-0.2, 0) is 0 Å². The van der Waals surface area contributed by atoms with Gasteiger partial charge in [0.05, 0.1) is 34.0 Å². The standard InChI is InChI=1S/C22H17Cl2N3O/c1-28-21-9-5-4-8-19(21)27-22-13-20(15-6-2-3-7-18(15)26-22)25-14-10-11-16(23)17(24)12-14/h2-13H,1H3,(H2,25,26,27). The van der Waals surface area contributed by atoms with E-state index < -0.39 is 0 Å². The summed E-state index contributed by atoms with van der Waals surface area (Å²) in [6.07, 6.45) is 0. The number of nitrogens with one attached hydrogen (secondary N) is 2. The molecule has 0 aliphatic heterocycles. The molecule has 0 unspecified atom stereocenters. The van der Waals surface area contributed by atoms with Crippen molar-refractivity contribution in [3.05, 3.63) is 82.8 Å². The lowest BCUT2D eigenvalue weighted by atomic mass is 10.1. The molecule has 0 saturated carbocycles. The zero-order chi connectivity index (χ0) is 19.5. The van der Waals surface area contributed by atoms with Gasteiger partial charge in [-0.2, -0.15) is 0 Å². The molecule has 0 aliphatic rings. The number of hydrogen-bond donors (Lipinski definition) is 2. The lowest BCUT2D eigenvalue weighted by Crippen LogP contribution is -1.99. The van der Waals surface area contributed by atoms with Crippen LogP contribution >= 0.6 is 23.2 Å². The molecule has 0 aliphatic carbocycles. The predicted octanol–water partition coefficient (Wildman–Crippen LogP) is 7.04. The number of halogens is 2. The minimum atomic E-state index is 0.498. The first kappa shape index (κ1) is 18.4. The number of pyridine rings is 1. The quantitative estimate of drug-likeness (QED) is 0.371. The molecule has 0 atom stereocenters. The molecule has 1 aromatic heterocycles. The normalized spacial score (nSPS) is 10.7. The Labute approximate surface area is 173 Å². The van der Waals surface area contributed by atoms with Crippen LogP contribution in [0.3, 0.4) is 0 Å². The molecular weight excluding hydrogens is 393 g/mol. The van der Waals surface area contributed by atoms with Crippen LogP contribution in [0, 0.1) is 0 Å². The van der Waals surface area contributed by atoms with Gasteiger partial charge >= 0.3 is 0 Å². The number of rotatable bonds is 5. The summed E-state index contributed by atoms with van der Waals surface area (Å²) in [5, 5.41) is 8.77. The van der Waals surface area contributed by atoms with Gasteiger partial charge in [-0.25, -0.2) is 4.98 Å². The molecule has 0 spiro atoms. The fourth-order valence-electron chi connectivity index (χ4n) is 2.96. The van der Waals surface area contributed by atoms with E-state index in [-0.39, 0.29) is 0 Å². The van der Waals surface area contributed by atoms with Gasteiger partial charge in [0.2, 0.25) is 0 Å². The van der Waals surface area contributed by atoms with Gasteiger partial charge in [0, 0.05) is 17.1 Å². The van der Waals surface area contributed by atoms with Crippen LogP contribution in [0.25, 0.3) is 10.9 Å². The van der Waals surface area contributed by atoms with Crippen molar-refractivity contribution in [1.82, 2.24) is 4.98 Å². The SMILES string of the molecule is COc1ccccc1Nc1cc(Nc2ccc(Cl)c(Cl)c2)c2ccccc2n1. The Balaban J connectivity index is 1.75. The second-order valence-electron chi connectivity index (χ2n) is 6.15. The van der Waals surface area contributed by atoms with Gasteiger partial charge in [0.1, 0.15) is 11.6 Å². The van der Waals surface area contributed by atoms with Crippen molar-refractivity contribution in [2.24, 2.45) is 0 Å². The lowest BCUT2D eigenvalue weighted by molar-refractivity contribution is 0.417. The third kappa shape index (κ3) is 3.84. The Morgan fingerprint density at radius 1 is 0.786 bits per heavy atom. The number of aromatic nitrogens is 1. The van der Waals surface area contributed by atoms with Crippen LogP contribution in [0.2, 0.25) is 10.0 Å². The van der Waals surface area contributed by atoms with E-state index in [1.165, 1.54) is 0 Å². The molecule has 0 fully saturated rings. The van der Waals surface area contributed by atoms with Crippen molar-refractivity contribution >= 4 is 57.0 Å². The molecular formula is C22H17Cl2N3O. The highest BCUT2D eigenvalue weighted by molar-refractivity contribution is 6.42. The van der Waals surface area contributed by atoms with Gasteiger partial charge in [0.25, 0.3) is 0 Å². The highest BCUT2D eigenvalue weighted by Crippen LogP contribution is 2.33. The Bertz CT molecular complexity index is 1150. The average molecular weight is 410 g/mol. The van der Waals surface area contributed by atoms with E-state index in [0.29, 0.717) is 15.9 Å². The van der Waals surface area contributed by atoms with Crippen LogP contribution in [0.5, 0.6) is 5.75 Å². The van der Waals surface area contributed by atoms with Gasteiger partial charge < -0.3 is 15.4 Å². The second kappa shape index (κ2) is 7.97. The highest BCUT2D eigenvalue weighted by atomic mass is 35.5. The third-order valence-corrected chi connectivity index (χ3v) is 5.02. The number of benzene rings is 3. The maximum absolute atomic E-state index is 6.16. The Morgan fingerprint density at radius 2 is 1.57 bits per heavy atom. The van der Waals surface area contributed by atoms with Crippen molar-refractivity contribution in [3.63, 3.8) is 0 Å². The van der Waals surface area contributed by atoms with E-state index in [1.807, 2.05) is 60.7 Å². The molecule has 3 aromatic carbocycles. The number of ether oxygens (including phenoxy) is 1. The number of nitrogens with zero attached hydrogens (tertiary/aromatic N) is 1. The van der Waals surface area contributed by atoms with E-state index in [4.69, 9.17) is 32.9 Å². The first-order valence-electron chi connectivity index (χ1n) is 8.66. The van der Waals surface area contributed by atoms with Crippen LogP contribution in [0.15, 0.2) is 72.8 Å². The second-order valence-corrected chi connectivity index (χ2v) is 6.97. The molecule has 0 amide bonds. The summed E-state index contributed by atoms with van der Waals surface area (Å²) in [4.78, 5) is 4.73. The minimum absolute atomic E-state index is 0.498. The topological polar surface area (TPSA) is 46.2 Å². The van der Waals surface area contributed by atoms with E-state index >= 15 is 0 Å². The van der Waals surface area contributed by atoms with Crippen LogP contribution in [0.4, 0.5) is 22.9 Å². The molecule has 4 nitrogen and oxygen atoms in total. The monoisotopic (exact) mass is 409 g/mol. The predicted molar refractivity (Wildman–Crippen MR) is 118 cm³/mol. The number of para-hydroxylation sites is 3. The molecule has 0 bridgehead atoms. The third-order valence-electron chi connectivity index (χ3n) is 4.28. The van der Waals surface area contributed by atoms with Crippen LogP contribution in [0.1, 0.15) is 0 Å². The maximum atomic E-state index is 6.16. The minimum Gasteiger partial charge on any atom is -0.495 e. The van der Waals surface area contributed by atoms with E-state index in [9.17, 15) is 0 Å². The first-order valence-corrected chi connectivity index (χ1v) is 9.41. The molecule has 4 rings (SSSR count). The van der Waals surface area contributed by atoms with Crippen LogP contribution in [-0.4, -0.2) is 12.1 Å². The summed E-state index contributed by atoms with van der Waals surface area (Å²) in [6.45, 7) is 0. The highest BCUT2D eigenvalue weighted by Gasteiger charge is 2.09. The van der Waals surface area contributed by atoms with Crippen molar-refractivity contribution in [3.8, 4) is 5.75 Å². The zero-order valence-corrected chi connectivity index (χ0v) is 16.6. The van der Waals surface area contributed by atoms with Gasteiger partial charge in [-0.05, 0) is 36.4 Å². The summed E-state index contributed by atoms with van der Waals surface area (Å²) in [5.41, 5.74) is 3.45. The van der Waals surface area contributed by atoms with Gasteiger partial charge in [-0.1, -0.05) is 53.5 Å².